The SMILES string of the molecule is OC(Nc1ccncn1)C1CCC1. The predicted molar refractivity (Wildman–Crippen MR) is 49.0 cm³/mol. The lowest BCUT2D eigenvalue weighted by molar-refractivity contribution is 0.0848. The summed E-state index contributed by atoms with van der Waals surface area (Å²) in [7, 11) is 0. The lowest BCUT2D eigenvalue weighted by Gasteiger charge is -2.30. The van der Waals surface area contributed by atoms with Gasteiger partial charge in [-0.25, -0.2) is 9.97 Å². The first-order chi connectivity index (χ1) is 6.36. The van der Waals surface area contributed by atoms with Gasteiger partial charge < -0.3 is 10.4 Å². The van der Waals surface area contributed by atoms with E-state index in [1.54, 1.807) is 12.3 Å². The molecule has 1 heterocycles. The smallest absolute Gasteiger partial charge is 0.131 e. The minimum Gasteiger partial charge on any atom is -0.373 e. The van der Waals surface area contributed by atoms with E-state index in [4.69, 9.17) is 0 Å². The summed E-state index contributed by atoms with van der Waals surface area (Å²) in [6, 6.07) is 1.75. The molecule has 1 fully saturated rings. The Hall–Kier alpha value is -1.16. The molecule has 70 valence electrons. The number of nitrogens with one attached hydrogen (secondary N) is 1. The average molecular weight is 179 g/mol. The highest BCUT2D eigenvalue weighted by atomic mass is 16.3. The van der Waals surface area contributed by atoms with E-state index in [1.165, 1.54) is 12.7 Å². The third-order valence-electron chi connectivity index (χ3n) is 2.47. The molecule has 0 aliphatic heterocycles. The molecule has 1 atom stereocenters. The highest BCUT2D eigenvalue weighted by molar-refractivity contribution is 5.32. The van der Waals surface area contributed by atoms with Gasteiger partial charge in [-0.3, -0.25) is 0 Å². The van der Waals surface area contributed by atoms with Crippen molar-refractivity contribution in [3.05, 3.63) is 18.6 Å². The fraction of sp³-hybridized carbons (Fsp3) is 0.556. The Kier molecular flexibility index (Phi) is 2.40. The molecule has 1 aliphatic rings. The van der Waals surface area contributed by atoms with Gasteiger partial charge in [-0.1, -0.05) is 6.42 Å². The predicted octanol–water partition coefficient (Wildman–Crippen LogP) is 1.01. The normalized spacial score (nSPS) is 19.2. The van der Waals surface area contributed by atoms with Crippen molar-refractivity contribution in [2.45, 2.75) is 25.5 Å². The molecule has 2 rings (SSSR count). The summed E-state index contributed by atoms with van der Waals surface area (Å²) < 4.78 is 0. The second-order valence-electron chi connectivity index (χ2n) is 3.37. The average Bonchev–Trinajstić information content (AvgIpc) is 2.02. The van der Waals surface area contributed by atoms with Crippen LogP contribution in [0.5, 0.6) is 0 Å². The van der Waals surface area contributed by atoms with Gasteiger partial charge in [0.1, 0.15) is 18.4 Å². The topological polar surface area (TPSA) is 58.0 Å². The van der Waals surface area contributed by atoms with Gasteiger partial charge in [0, 0.05) is 12.1 Å². The van der Waals surface area contributed by atoms with E-state index in [0.29, 0.717) is 11.7 Å². The third kappa shape index (κ3) is 1.95. The van der Waals surface area contributed by atoms with Crippen LogP contribution in [-0.4, -0.2) is 21.3 Å². The van der Waals surface area contributed by atoms with E-state index in [9.17, 15) is 5.11 Å². The van der Waals surface area contributed by atoms with Gasteiger partial charge in [0.05, 0.1) is 0 Å². The number of nitrogens with zero attached hydrogens (tertiary/aromatic N) is 2. The van der Waals surface area contributed by atoms with E-state index in [1.807, 2.05) is 0 Å². The Morgan fingerprint density at radius 3 is 2.92 bits per heavy atom. The molecule has 1 aromatic rings. The molecule has 13 heavy (non-hydrogen) atoms. The summed E-state index contributed by atoms with van der Waals surface area (Å²) in [4.78, 5) is 7.78. The van der Waals surface area contributed by atoms with Crippen molar-refractivity contribution in [2.75, 3.05) is 5.32 Å². The summed E-state index contributed by atoms with van der Waals surface area (Å²) >= 11 is 0. The van der Waals surface area contributed by atoms with Gasteiger partial charge in [0.2, 0.25) is 0 Å². The fourth-order valence-electron chi connectivity index (χ4n) is 1.40. The van der Waals surface area contributed by atoms with E-state index in [2.05, 4.69) is 15.3 Å². The molecule has 0 radical (unpaired) electrons. The highest BCUT2D eigenvalue weighted by Gasteiger charge is 2.25. The zero-order valence-corrected chi connectivity index (χ0v) is 7.35. The van der Waals surface area contributed by atoms with Gasteiger partial charge in [-0.05, 0) is 18.9 Å². The minimum absolute atomic E-state index is 0.398. The number of aliphatic hydroxyl groups is 1. The van der Waals surface area contributed by atoms with E-state index in [0.717, 1.165) is 12.8 Å². The van der Waals surface area contributed by atoms with Gasteiger partial charge in [-0.15, -0.1) is 0 Å². The highest BCUT2D eigenvalue weighted by Crippen LogP contribution is 2.29. The van der Waals surface area contributed by atoms with E-state index < -0.39 is 6.23 Å². The number of rotatable bonds is 3. The van der Waals surface area contributed by atoms with Gasteiger partial charge in [0.25, 0.3) is 0 Å². The Bertz CT molecular complexity index is 261. The summed E-state index contributed by atoms with van der Waals surface area (Å²) in [5.41, 5.74) is 0. The quantitative estimate of drug-likeness (QED) is 0.680. The van der Waals surface area contributed by atoms with Crippen molar-refractivity contribution in [3.8, 4) is 0 Å². The minimum atomic E-state index is -0.455. The van der Waals surface area contributed by atoms with E-state index >= 15 is 0 Å². The Labute approximate surface area is 77.0 Å². The maximum absolute atomic E-state index is 9.65. The van der Waals surface area contributed by atoms with Crippen molar-refractivity contribution >= 4 is 5.82 Å². The van der Waals surface area contributed by atoms with Crippen LogP contribution in [0, 0.1) is 5.92 Å². The second kappa shape index (κ2) is 3.70. The first-order valence-corrected chi connectivity index (χ1v) is 4.57. The summed E-state index contributed by atoms with van der Waals surface area (Å²) in [6.07, 6.45) is 6.12. The summed E-state index contributed by atoms with van der Waals surface area (Å²) in [5.74, 6) is 1.09. The fourth-order valence-corrected chi connectivity index (χ4v) is 1.40. The zero-order valence-electron chi connectivity index (χ0n) is 7.35. The van der Waals surface area contributed by atoms with Crippen LogP contribution in [0.25, 0.3) is 0 Å². The van der Waals surface area contributed by atoms with Crippen LogP contribution in [0.15, 0.2) is 18.6 Å². The first kappa shape index (κ1) is 8.44. The maximum atomic E-state index is 9.65. The van der Waals surface area contributed by atoms with Crippen molar-refractivity contribution in [2.24, 2.45) is 5.92 Å². The van der Waals surface area contributed by atoms with Crippen LogP contribution in [-0.2, 0) is 0 Å². The molecule has 4 nitrogen and oxygen atoms in total. The lowest BCUT2D eigenvalue weighted by atomic mass is 9.84. The number of aromatic nitrogens is 2. The Morgan fingerprint density at radius 2 is 2.38 bits per heavy atom. The standard InChI is InChI=1S/C9H13N3O/c13-9(7-2-1-3-7)12-8-4-5-10-6-11-8/h4-7,9,13H,1-3H2,(H,10,11,12). The van der Waals surface area contributed by atoms with Gasteiger partial charge in [0.15, 0.2) is 0 Å². The Balaban J connectivity index is 1.90. The summed E-state index contributed by atoms with van der Waals surface area (Å²) in [6.45, 7) is 0. The largest absolute Gasteiger partial charge is 0.373 e. The Morgan fingerprint density at radius 1 is 1.54 bits per heavy atom. The van der Waals surface area contributed by atoms with Gasteiger partial charge in [-0.2, -0.15) is 0 Å². The molecule has 0 saturated heterocycles. The van der Waals surface area contributed by atoms with Crippen molar-refractivity contribution in [3.63, 3.8) is 0 Å². The summed E-state index contributed by atoms with van der Waals surface area (Å²) in [5, 5.41) is 12.6. The number of aliphatic hydroxyl groups excluding tert-OH is 1. The third-order valence-corrected chi connectivity index (χ3v) is 2.47. The number of hydrogen-bond donors (Lipinski definition) is 2. The number of anilines is 1. The van der Waals surface area contributed by atoms with Crippen LogP contribution >= 0.6 is 0 Å². The molecule has 1 aromatic heterocycles. The zero-order chi connectivity index (χ0) is 9.10. The molecule has 1 aliphatic carbocycles. The van der Waals surface area contributed by atoms with Crippen molar-refractivity contribution < 1.29 is 5.11 Å². The molecule has 0 amide bonds. The van der Waals surface area contributed by atoms with Crippen molar-refractivity contribution in [1.29, 1.82) is 0 Å². The maximum Gasteiger partial charge on any atom is 0.131 e. The van der Waals surface area contributed by atoms with Crippen molar-refractivity contribution in [1.82, 2.24) is 9.97 Å². The first-order valence-electron chi connectivity index (χ1n) is 4.57. The molecule has 1 unspecified atom stereocenters. The molecule has 4 heteroatoms. The van der Waals surface area contributed by atoms with Crippen LogP contribution in [0.1, 0.15) is 19.3 Å². The molecule has 0 aromatic carbocycles. The molecule has 0 spiro atoms. The van der Waals surface area contributed by atoms with Crippen LogP contribution in [0.2, 0.25) is 0 Å². The van der Waals surface area contributed by atoms with Crippen LogP contribution in [0.4, 0.5) is 5.82 Å². The van der Waals surface area contributed by atoms with Gasteiger partial charge >= 0.3 is 0 Å². The number of hydrogen-bond acceptors (Lipinski definition) is 4. The molecular weight excluding hydrogens is 166 g/mol. The monoisotopic (exact) mass is 179 g/mol. The molecular formula is C9H13N3O. The lowest BCUT2D eigenvalue weighted by Crippen LogP contribution is -2.33. The van der Waals surface area contributed by atoms with Crippen LogP contribution in [0.3, 0.4) is 0 Å². The second-order valence-corrected chi connectivity index (χ2v) is 3.37. The molecule has 2 N–H and O–H groups in total. The van der Waals surface area contributed by atoms with E-state index in [-0.39, 0.29) is 0 Å². The molecule has 0 bridgehead atoms. The van der Waals surface area contributed by atoms with Crippen LogP contribution < -0.4 is 5.32 Å². The molecule has 1 saturated carbocycles.